The zero-order chi connectivity index (χ0) is 28.4. The SMILES string of the molecule is O=C(O)Oc1ccc(-c2ccc([C@@H]3[C@@H](CC[C@H](O)c4ccc(F)cc4)C(=O)N3c3ccc(F)cc3)cc2)cc1O. The van der Waals surface area contributed by atoms with Crippen molar-refractivity contribution in [2.75, 3.05) is 4.90 Å². The summed E-state index contributed by atoms with van der Waals surface area (Å²) in [6, 6.07) is 22.6. The van der Waals surface area contributed by atoms with Crippen molar-refractivity contribution in [2.24, 2.45) is 5.92 Å². The quantitative estimate of drug-likeness (QED) is 0.131. The molecule has 0 unspecified atom stereocenters. The van der Waals surface area contributed by atoms with Gasteiger partial charge < -0.3 is 25.0 Å². The van der Waals surface area contributed by atoms with E-state index in [1.807, 2.05) is 24.3 Å². The van der Waals surface area contributed by atoms with Gasteiger partial charge in [-0.05, 0) is 83.6 Å². The van der Waals surface area contributed by atoms with Crippen molar-refractivity contribution in [3.8, 4) is 22.6 Å². The highest BCUT2D eigenvalue weighted by Crippen LogP contribution is 2.46. The molecule has 1 saturated heterocycles. The fourth-order valence-corrected chi connectivity index (χ4v) is 5.04. The third-order valence-corrected chi connectivity index (χ3v) is 7.07. The molecule has 1 fully saturated rings. The Morgan fingerprint density at radius 2 is 1.48 bits per heavy atom. The molecule has 40 heavy (non-hydrogen) atoms. The van der Waals surface area contributed by atoms with Gasteiger partial charge in [0.1, 0.15) is 11.6 Å². The Bertz CT molecular complexity index is 1520. The zero-order valence-corrected chi connectivity index (χ0v) is 21.1. The Balaban J connectivity index is 1.39. The van der Waals surface area contributed by atoms with Crippen LogP contribution in [0.5, 0.6) is 11.5 Å². The molecule has 1 heterocycles. The van der Waals surface area contributed by atoms with E-state index >= 15 is 0 Å². The van der Waals surface area contributed by atoms with Gasteiger partial charge in [0.25, 0.3) is 0 Å². The maximum Gasteiger partial charge on any atom is 0.511 e. The number of anilines is 1. The van der Waals surface area contributed by atoms with E-state index in [0.717, 1.165) is 11.1 Å². The first-order chi connectivity index (χ1) is 19.2. The Morgan fingerprint density at radius 3 is 2.08 bits per heavy atom. The standard InChI is InChI=1S/C31H25F2NO6/c32-22-8-5-19(6-9-22)26(35)15-14-25-29(34(30(25)37)24-12-10-23(33)11-13-24)20-3-1-18(2-4-20)21-7-16-28(27(36)17-21)40-31(38)39/h1-13,16-17,25-26,29,35-36H,14-15H2,(H,38,39)/t25-,26+,29-/m1/s1. The van der Waals surface area contributed by atoms with E-state index in [2.05, 4.69) is 4.74 Å². The van der Waals surface area contributed by atoms with E-state index in [0.29, 0.717) is 23.2 Å². The molecule has 5 rings (SSSR count). The third-order valence-electron chi connectivity index (χ3n) is 7.07. The van der Waals surface area contributed by atoms with Crippen LogP contribution in [0.25, 0.3) is 11.1 Å². The molecule has 204 valence electrons. The van der Waals surface area contributed by atoms with Crippen LogP contribution in [-0.2, 0) is 4.79 Å². The average Bonchev–Trinajstić information content (AvgIpc) is 2.94. The minimum absolute atomic E-state index is 0.147. The van der Waals surface area contributed by atoms with E-state index in [1.54, 1.807) is 23.1 Å². The van der Waals surface area contributed by atoms with E-state index in [4.69, 9.17) is 5.11 Å². The van der Waals surface area contributed by atoms with Crippen molar-refractivity contribution >= 4 is 17.7 Å². The van der Waals surface area contributed by atoms with Gasteiger partial charge in [0.05, 0.1) is 18.1 Å². The van der Waals surface area contributed by atoms with Gasteiger partial charge in [-0.1, -0.05) is 42.5 Å². The summed E-state index contributed by atoms with van der Waals surface area (Å²) in [5.41, 5.74) is 3.30. The summed E-state index contributed by atoms with van der Waals surface area (Å²) >= 11 is 0. The largest absolute Gasteiger partial charge is 0.511 e. The van der Waals surface area contributed by atoms with Crippen LogP contribution in [0.15, 0.2) is 91.0 Å². The summed E-state index contributed by atoms with van der Waals surface area (Å²) in [5.74, 6) is -1.91. The molecular weight excluding hydrogens is 520 g/mol. The highest BCUT2D eigenvalue weighted by Gasteiger charge is 2.48. The minimum atomic E-state index is -1.53. The number of halogens is 2. The zero-order valence-electron chi connectivity index (χ0n) is 21.1. The number of rotatable bonds is 8. The lowest BCUT2D eigenvalue weighted by Crippen LogP contribution is -2.55. The highest BCUT2D eigenvalue weighted by atomic mass is 19.1. The minimum Gasteiger partial charge on any atom is -0.504 e. The van der Waals surface area contributed by atoms with Crippen LogP contribution in [0.1, 0.15) is 36.1 Å². The first kappa shape index (κ1) is 26.8. The maximum absolute atomic E-state index is 13.6. The van der Waals surface area contributed by atoms with E-state index < -0.39 is 29.8 Å². The summed E-state index contributed by atoms with van der Waals surface area (Å²) in [7, 11) is 0. The van der Waals surface area contributed by atoms with Gasteiger partial charge >= 0.3 is 6.16 Å². The van der Waals surface area contributed by atoms with Gasteiger partial charge in [-0.2, -0.15) is 0 Å². The van der Waals surface area contributed by atoms with E-state index in [1.165, 1.54) is 48.5 Å². The lowest BCUT2D eigenvalue weighted by molar-refractivity contribution is -0.131. The molecule has 0 radical (unpaired) electrons. The number of carboxylic acid groups (broad SMARTS) is 1. The van der Waals surface area contributed by atoms with Crippen molar-refractivity contribution in [1.29, 1.82) is 0 Å². The second-order valence-corrected chi connectivity index (χ2v) is 9.55. The van der Waals surface area contributed by atoms with Gasteiger partial charge in [-0.15, -0.1) is 0 Å². The Labute approximate surface area is 228 Å². The number of phenols is 1. The van der Waals surface area contributed by atoms with Gasteiger partial charge in [0, 0.05) is 5.69 Å². The number of carbonyl (C=O) groups is 2. The molecule has 1 aliphatic heterocycles. The fraction of sp³-hybridized carbons (Fsp3) is 0.161. The number of benzene rings is 4. The number of ether oxygens (including phenoxy) is 1. The normalized spacial score (nSPS) is 17.3. The van der Waals surface area contributed by atoms with Crippen molar-refractivity contribution < 1.29 is 38.4 Å². The first-order valence-electron chi connectivity index (χ1n) is 12.6. The number of aliphatic hydroxyl groups is 1. The second kappa shape index (κ2) is 11.2. The van der Waals surface area contributed by atoms with Crippen LogP contribution in [0.3, 0.4) is 0 Å². The van der Waals surface area contributed by atoms with E-state index in [9.17, 15) is 28.6 Å². The van der Waals surface area contributed by atoms with Crippen molar-refractivity contribution in [3.05, 3.63) is 114 Å². The molecule has 4 aromatic carbocycles. The molecular formula is C31H25F2NO6. The Morgan fingerprint density at radius 1 is 0.875 bits per heavy atom. The summed E-state index contributed by atoms with van der Waals surface area (Å²) in [5, 5.41) is 29.6. The molecule has 7 nitrogen and oxygen atoms in total. The third kappa shape index (κ3) is 5.50. The van der Waals surface area contributed by atoms with Crippen LogP contribution in [0.2, 0.25) is 0 Å². The summed E-state index contributed by atoms with van der Waals surface area (Å²) in [4.78, 5) is 25.6. The van der Waals surface area contributed by atoms with Crippen molar-refractivity contribution in [2.45, 2.75) is 25.0 Å². The Hall–Kier alpha value is -4.76. The number of hydrogen-bond acceptors (Lipinski definition) is 5. The smallest absolute Gasteiger partial charge is 0.504 e. The lowest BCUT2D eigenvalue weighted by Gasteiger charge is -2.48. The number of aromatic hydroxyl groups is 1. The predicted octanol–water partition coefficient (Wildman–Crippen LogP) is 6.61. The number of aliphatic hydroxyl groups excluding tert-OH is 1. The van der Waals surface area contributed by atoms with E-state index in [-0.39, 0.29) is 29.9 Å². The van der Waals surface area contributed by atoms with Gasteiger partial charge in [0.2, 0.25) is 5.91 Å². The molecule has 9 heteroatoms. The van der Waals surface area contributed by atoms with Crippen molar-refractivity contribution in [3.63, 3.8) is 0 Å². The molecule has 0 spiro atoms. The molecule has 1 aliphatic rings. The monoisotopic (exact) mass is 545 g/mol. The number of carbonyl (C=O) groups excluding carboxylic acids is 1. The highest BCUT2D eigenvalue weighted by molar-refractivity contribution is 6.03. The molecule has 0 saturated carbocycles. The Kier molecular flexibility index (Phi) is 7.48. The average molecular weight is 546 g/mol. The summed E-state index contributed by atoms with van der Waals surface area (Å²) < 4.78 is 31.4. The summed E-state index contributed by atoms with van der Waals surface area (Å²) in [6.45, 7) is 0. The summed E-state index contributed by atoms with van der Waals surface area (Å²) in [6.07, 6.45) is -1.73. The molecule has 0 aliphatic carbocycles. The topological polar surface area (TPSA) is 107 Å². The molecule has 1 amide bonds. The number of nitrogens with zero attached hydrogens (tertiary/aromatic N) is 1. The molecule has 3 atom stereocenters. The number of hydrogen-bond donors (Lipinski definition) is 3. The molecule has 0 bridgehead atoms. The van der Waals surface area contributed by atoms with Crippen LogP contribution < -0.4 is 9.64 Å². The van der Waals surface area contributed by atoms with Crippen molar-refractivity contribution in [1.82, 2.24) is 0 Å². The van der Waals surface area contributed by atoms with Gasteiger partial charge in [-0.25, -0.2) is 13.6 Å². The van der Waals surface area contributed by atoms with Crippen LogP contribution in [0.4, 0.5) is 19.3 Å². The van der Waals surface area contributed by atoms with Crippen LogP contribution >= 0.6 is 0 Å². The molecule has 4 aromatic rings. The van der Waals surface area contributed by atoms with Gasteiger partial charge in [0.15, 0.2) is 11.5 Å². The molecule has 0 aromatic heterocycles. The van der Waals surface area contributed by atoms with Gasteiger partial charge in [-0.3, -0.25) is 4.79 Å². The van der Waals surface area contributed by atoms with Crippen LogP contribution in [0, 0.1) is 17.6 Å². The van der Waals surface area contributed by atoms with Crippen LogP contribution in [-0.4, -0.2) is 27.4 Å². The maximum atomic E-state index is 13.6. The lowest BCUT2D eigenvalue weighted by atomic mass is 9.78. The number of phenolic OH excluding ortho intramolecular Hbond substituents is 1. The number of β-lactam (4-membered cyclic amide) rings is 1. The predicted molar refractivity (Wildman–Crippen MR) is 143 cm³/mol. The number of amides is 1. The second-order valence-electron chi connectivity index (χ2n) is 9.55. The first-order valence-corrected chi connectivity index (χ1v) is 12.6. The fourth-order valence-electron chi connectivity index (χ4n) is 5.04. The molecule has 3 N–H and O–H groups in total.